The van der Waals surface area contributed by atoms with Crippen LogP contribution in [-0.2, 0) is 14.3 Å². The van der Waals surface area contributed by atoms with Gasteiger partial charge in [-0.25, -0.2) is 0 Å². The molecule has 2 aromatic rings. The van der Waals surface area contributed by atoms with Crippen molar-refractivity contribution in [1.29, 1.82) is 0 Å². The summed E-state index contributed by atoms with van der Waals surface area (Å²) < 4.78 is 5.13. The highest BCUT2D eigenvalue weighted by Crippen LogP contribution is 2.25. The summed E-state index contributed by atoms with van der Waals surface area (Å²) in [6, 6.07) is 7.83. The number of ether oxygens (including phenoxy) is 1. The number of carbonyl (C=O) groups excluding carboxylic acids is 2. The lowest BCUT2D eigenvalue weighted by Gasteiger charge is -1.96. The van der Waals surface area contributed by atoms with Gasteiger partial charge in [0.15, 0.2) is 4.34 Å². The molecule has 0 aliphatic rings. The number of esters is 1. The molecule has 0 fully saturated rings. The minimum atomic E-state index is -0.336. The van der Waals surface area contributed by atoms with Crippen LogP contribution >= 0.6 is 23.1 Å². The molecule has 0 saturated carbocycles. The summed E-state index contributed by atoms with van der Waals surface area (Å²) in [5.41, 5.74) is 2.11. The Balaban J connectivity index is 1.86. The highest BCUT2D eigenvalue weighted by atomic mass is 32.2. The maximum Gasteiger partial charge on any atom is 0.316 e. The van der Waals surface area contributed by atoms with Gasteiger partial charge in [-0.2, -0.15) is 0 Å². The summed E-state index contributed by atoms with van der Waals surface area (Å²) in [7, 11) is 1.33. The first kappa shape index (κ1) is 17.2. The zero-order chi connectivity index (χ0) is 16.7. The number of hydrogen-bond donors (Lipinski definition) is 1. The van der Waals surface area contributed by atoms with Gasteiger partial charge in [-0.05, 0) is 18.6 Å². The van der Waals surface area contributed by atoms with Gasteiger partial charge in [-0.3, -0.25) is 14.9 Å². The second-order valence-electron chi connectivity index (χ2n) is 4.47. The molecule has 1 aromatic carbocycles. The van der Waals surface area contributed by atoms with Crippen LogP contribution < -0.4 is 5.32 Å². The van der Waals surface area contributed by atoms with Crippen LogP contribution in [0.1, 0.15) is 11.1 Å². The van der Waals surface area contributed by atoms with Crippen molar-refractivity contribution in [1.82, 2.24) is 10.2 Å². The topological polar surface area (TPSA) is 81.2 Å². The van der Waals surface area contributed by atoms with E-state index in [1.54, 1.807) is 6.08 Å². The largest absolute Gasteiger partial charge is 0.468 e. The Hall–Kier alpha value is -2.19. The van der Waals surface area contributed by atoms with Gasteiger partial charge < -0.3 is 4.74 Å². The summed E-state index contributed by atoms with van der Waals surface area (Å²) in [6.45, 7) is 2.01. The smallest absolute Gasteiger partial charge is 0.316 e. The highest BCUT2D eigenvalue weighted by molar-refractivity contribution is 8.01. The first-order valence-corrected chi connectivity index (χ1v) is 8.46. The van der Waals surface area contributed by atoms with Gasteiger partial charge in [0.2, 0.25) is 11.0 Å². The monoisotopic (exact) mass is 349 g/mol. The number of rotatable bonds is 6. The van der Waals surface area contributed by atoms with E-state index in [1.165, 1.54) is 36.3 Å². The molecule has 0 aliphatic carbocycles. The third-order valence-electron chi connectivity index (χ3n) is 2.68. The van der Waals surface area contributed by atoms with Gasteiger partial charge in [0.05, 0.1) is 12.9 Å². The molecule has 2 rings (SSSR count). The molecule has 0 aliphatic heterocycles. The number of benzene rings is 1. The van der Waals surface area contributed by atoms with Crippen LogP contribution in [0.5, 0.6) is 0 Å². The normalized spacial score (nSPS) is 10.7. The van der Waals surface area contributed by atoms with Crippen molar-refractivity contribution in [2.45, 2.75) is 11.3 Å². The van der Waals surface area contributed by atoms with E-state index in [4.69, 9.17) is 0 Å². The molecule has 23 heavy (non-hydrogen) atoms. The standard InChI is InChI=1S/C15H15N3O3S2/c1-10-3-5-11(6-4-10)7-8-12(19)16-14-17-18-15(23-14)22-9-13(20)21-2/h3-8H,9H2,1-2H3,(H,16,17,19)/b8-7+. The fourth-order valence-corrected chi connectivity index (χ4v) is 3.08. The van der Waals surface area contributed by atoms with E-state index in [0.717, 1.165) is 11.1 Å². The minimum absolute atomic E-state index is 0.159. The fourth-order valence-electron chi connectivity index (χ4n) is 1.49. The minimum Gasteiger partial charge on any atom is -0.468 e. The number of aromatic nitrogens is 2. The Labute approximate surface area is 142 Å². The zero-order valence-electron chi connectivity index (χ0n) is 12.6. The second kappa shape index (κ2) is 8.44. The number of nitrogens with one attached hydrogen (secondary N) is 1. The van der Waals surface area contributed by atoms with E-state index >= 15 is 0 Å². The van der Waals surface area contributed by atoms with Crippen LogP contribution in [0, 0.1) is 6.92 Å². The number of anilines is 1. The van der Waals surface area contributed by atoms with Crippen molar-refractivity contribution in [3.8, 4) is 0 Å². The van der Waals surface area contributed by atoms with Crippen molar-refractivity contribution >= 4 is 46.2 Å². The second-order valence-corrected chi connectivity index (χ2v) is 6.67. The molecule has 0 unspecified atom stereocenters. The highest BCUT2D eigenvalue weighted by Gasteiger charge is 2.09. The molecule has 0 atom stereocenters. The van der Waals surface area contributed by atoms with Crippen LogP contribution in [-0.4, -0.2) is 34.9 Å². The molecule has 1 N–H and O–H groups in total. The van der Waals surface area contributed by atoms with Gasteiger partial charge in [0.1, 0.15) is 0 Å². The summed E-state index contributed by atoms with van der Waals surface area (Å²) in [6.07, 6.45) is 3.16. The molecule has 0 spiro atoms. The molecule has 1 heterocycles. The molecule has 0 bridgehead atoms. The number of amides is 1. The van der Waals surface area contributed by atoms with E-state index in [-0.39, 0.29) is 17.6 Å². The molecular weight excluding hydrogens is 334 g/mol. The fraction of sp³-hybridized carbons (Fsp3) is 0.200. The molecule has 1 amide bonds. The van der Waals surface area contributed by atoms with Crippen molar-refractivity contribution in [3.63, 3.8) is 0 Å². The van der Waals surface area contributed by atoms with Crippen LogP contribution in [0.2, 0.25) is 0 Å². The number of hydrogen-bond acceptors (Lipinski definition) is 7. The van der Waals surface area contributed by atoms with Crippen LogP contribution in [0.4, 0.5) is 5.13 Å². The van der Waals surface area contributed by atoms with Crippen LogP contribution in [0.15, 0.2) is 34.7 Å². The molecule has 1 aromatic heterocycles. The molecule has 8 heteroatoms. The number of thioether (sulfide) groups is 1. The quantitative estimate of drug-likeness (QED) is 0.374. The first-order valence-electron chi connectivity index (χ1n) is 6.65. The molecule has 0 radical (unpaired) electrons. The van der Waals surface area contributed by atoms with Crippen molar-refractivity contribution in [3.05, 3.63) is 41.5 Å². The van der Waals surface area contributed by atoms with E-state index in [9.17, 15) is 9.59 Å². The predicted molar refractivity (Wildman–Crippen MR) is 91.5 cm³/mol. The van der Waals surface area contributed by atoms with Crippen LogP contribution in [0.3, 0.4) is 0 Å². The lowest BCUT2D eigenvalue weighted by molar-refractivity contribution is -0.137. The Kier molecular flexibility index (Phi) is 6.30. The summed E-state index contributed by atoms with van der Waals surface area (Å²) in [4.78, 5) is 22.9. The van der Waals surface area contributed by atoms with E-state index in [2.05, 4.69) is 20.3 Å². The third-order valence-corrected chi connectivity index (χ3v) is 4.63. The number of nitrogens with zero attached hydrogens (tertiary/aromatic N) is 2. The number of methoxy groups -OCH3 is 1. The zero-order valence-corrected chi connectivity index (χ0v) is 14.2. The Morgan fingerprint density at radius 2 is 2.04 bits per heavy atom. The van der Waals surface area contributed by atoms with E-state index in [0.29, 0.717) is 9.47 Å². The van der Waals surface area contributed by atoms with E-state index < -0.39 is 0 Å². The van der Waals surface area contributed by atoms with Gasteiger partial charge in [0, 0.05) is 6.08 Å². The lowest BCUT2D eigenvalue weighted by atomic mass is 10.1. The molecule has 6 nitrogen and oxygen atoms in total. The summed E-state index contributed by atoms with van der Waals surface area (Å²) >= 11 is 2.42. The molecule has 0 saturated heterocycles. The Bertz CT molecular complexity index is 711. The van der Waals surface area contributed by atoms with Crippen molar-refractivity contribution < 1.29 is 14.3 Å². The van der Waals surface area contributed by atoms with Gasteiger partial charge in [0.25, 0.3) is 0 Å². The third kappa shape index (κ3) is 5.84. The van der Waals surface area contributed by atoms with Gasteiger partial charge in [-0.1, -0.05) is 52.9 Å². The maximum atomic E-state index is 11.8. The predicted octanol–water partition coefficient (Wildman–Crippen LogP) is 2.76. The van der Waals surface area contributed by atoms with Crippen LogP contribution in [0.25, 0.3) is 6.08 Å². The average molecular weight is 349 g/mol. The average Bonchev–Trinajstić information content (AvgIpc) is 2.99. The van der Waals surface area contributed by atoms with Gasteiger partial charge >= 0.3 is 5.97 Å². The molecular formula is C15H15N3O3S2. The van der Waals surface area contributed by atoms with Crippen molar-refractivity contribution in [2.24, 2.45) is 0 Å². The van der Waals surface area contributed by atoms with Crippen molar-refractivity contribution in [2.75, 3.05) is 18.2 Å². The Morgan fingerprint density at radius 1 is 1.30 bits per heavy atom. The number of aryl methyl sites for hydroxylation is 1. The summed E-state index contributed by atoms with van der Waals surface area (Å²) in [5.74, 6) is -0.463. The first-order chi connectivity index (χ1) is 11.1. The summed E-state index contributed by atoms with van der Waals surface area (Å²) in [5, 5.41) is 10.8. The van der Waals surface area contributed by atoms with E-state index in [1.807, 2.05) is 31.2 Å². The lowest BCUT2D eigenvalue weighted by Crippen LogP contribution is -2.07. The molecule has 120 valence electrons. The number of carbonyl (C=O) groups is 2. The Morgan fingerprint density at radius 3 is 2.74 bits per heavy atom. The van der Waals surface area contributed by atoms with Gasteiger partial charge in [-0.15, -0.1) is 10.2 Å². The SMILES string of the molecule is COC(=O)CSc1nnc(NC(=O)/C=C/c2ccc(C)cc2)s1. The maximum absolute atomic E-state index is 11.8.